The number of nitrogens with zero attached hydrogens (tertiary/aromatic N) is 3. The van der Waals surface area contributed by atoms with Crippen molar-refractivity contribution in [2.24, 2.45) is 5.92 Å². The van der Waals surface area contributed by atoms with E-state index in [-0.39, 0.29) is 20.1 Å². The minimum atomic E-state index is -1.86. The van der Waals surface area contributed by atoms with E-state index in [0.29, 0.717) is 5.92 Å². The Morgan fingerprint density at radius 2 is 1.42 bits per heavy atom. The van der Waals surface area contributed by atoms with Crippen molar-refractivity contribution >= 4 is 50.6 Å². The molecule has 0 aliphatic heterocycles. The number of benzene rings is 6. The largest absolute Gasteiger partial charge is 0.501 e. The molecule has 0 spiro atoms. The van der Waals surface area contributed by atoms with E-state index in [1.165, 1.54) is 27.8 Å². The fourth-order valence-electron chi connectivity index (χ4n) is 7.86. The van der Waals surface area contributed by atoms with Gasteiger partial charge in [0.15, 0.2) is 0 Å². The third-order valence-electron chi connectivity index (χ3n) is 10.4. The number of aryl methyl sites for hydroxylation is 2. The number of para-hydroxylation sites is 3. The van der Waals surface area contributed by atoms with Gasteiger partial charge in [0.25, 0.3) is 0 Å². The second kappa shape index (κ2) is 16.8. The maximum absolute atomic E-state index is 6.38. The topological polar surface area (TPSA) is 43.9 Å². The Balaban J connectivity index is 0.000000202. The average Bonchev–Trinajstić information content (AvgIpc) is 3.77. The van der Waals surface area contributed by atoms with Gasteiger partial charge in [-0.1, -0.05) is 71.6 Å². The number of furan rings is 1. The molecule has 0 saturated heterocycles. The molecule has 0 aliphatic rings. The van der Waals surface area contributed by atoms with Crippen LogP contribution in [0.4, 0.5) is 0 Å². The minimum Gasteiger partial charge on any atom is -0.501 e. The summed E-state index contributed by atoms with van der Waals surface area (Å²) in [4.78, 5) is 9.81. The average molecular weight is 983 g/mol. The molecule has 6 aromatic carbocycles. The summed E-state index contributed by atoms with van der Waals surface area (Å²) < 4.78 is 10.2. The molecule has 0 bridgehead atoms. The Labute approximate surface area is 352 Å². The first kappa shape index (κ1) is 40.1. The van der Waals surface area contributed by atoms with E-state index in [0.717, 1.165) is 67.7 Å². The molecule has 9 rings (SSSR count). The smallest absolute Gasteiger partial charge is 0.120 e. The summed E-state index contributed by atoms with van der Waals surface area (Å²) in [6.07, 6.45) is 3.27. The van der Waals surface area contributed by atoms with Gasteiger partial charge in [-0.05, 0) is 66.4 Å². The van der Waals surface area contributed by atoms with Crippen LogP contribution in [0.5, 0.6) is 0 Å². The zero-order valence-corrected chi connectivity index (χ0v) is 38.1. The van der Waals surface area contributed by atoms with Crippen molar-refractivity contribution in [2.45, 2.75) is 51.4 Å². The third-order valence-corrected chi connectivity index (χ3v) is 14.7. The summed E-state index contributed by atoms with van der Waals surface area (Å²) >= 11 is -1.86. The van der Waals surface area contributed by atoms with E-state index >= 15 is 0 Å². The van der Waals surface area contributed by atoms with Crippen LogP contribution < -0.4 is 4.40 Å². The third kappa shape index (κ3) is 8.20. The van der Waals surface area contributed by atoms with Crippen LogP contribution in [0.1, 0.15) is 30.5 Å². The van der Waals surface area contributed by atoms with Crippen molar-refractivity contribution in [1.82, 2.24) is 14.5 Å². The van der Waals surface area contributed by atoms with Crippen molar-refractivity contribution in [3.8, 4) is 39.5 Å². The van der Waals surface area contributed by atoms with Gasteiger partial charge >= 0.3 is 126 Å². The van der Waals surface area contributed by atoms with Gasteiger partial charge in [0, 0.05) is 31.2 Å². The number of fused-ring (bicyclic) bond motifs is 4. The molecule has 3 aromatic heterocycles. The predicted molar refractivity (Wildman–Crippen MR) is 238 cm³/mol. The van der Waals surface area contributed by atoms with Crippen molar-refractivity contribution < 1.29 is 24.5 Å². The molecule has 4 nitrogen and oxygen atoms in total. The van der Waals surface area contributed by atoms with E-state index in [4.69, 9.17) is 14.4 Å². The Hall–Kier alpha value is -5.07. The van der Waals surface area contributed by atoms with E-state index in [1.807, 2.05) is 48.5 Å². The summed E-state index contributed by atoms with van der Waals surface area (Å²) in [5, 5.41) is 2.18. The van der Waals surface area contributed by atoms with Crippen LogP contribution in [-0.4, -0.2) is 27.8 Å². The van der Waals surface area contributed by atoms with E-state index in [1.54, 1.807) is 4.40 Å². The number of rotatable bonds is 7. The van der Waals surface area contributed by atoms with Crippen LogP contribution in [0.15, 0.2) is 144 Å². The molecule has 0 unspecified atom stereocenters. The van der Waals surface area contributed by atoms with Crippen molar-refractivity contribution in [2.75, 3.05) is 0 Å². The number of hydrogen-bond donors (Lipinski definition) is 0. The van der Waals surface area contributed by atoms with E-state index in [9.17, 15) is 0 Å². The molecule has 3 heterocycles. The SMILES string of the molecule is CC(C)Cc1cc(-c2[c-]cccc2)nc[c]1[Ge]([CH3])([CH3])[CH3].Cc1cc(-c2ccccc2)cc(C)c1-n1c(-c2[c-]ccc3c2oc2ccccc23)nc2ccccc21.[Ir]. The Kier molecular flexibility index (Phi) is 11.8. The second-order valence-electron chi connectivity index (χ2n) is 16.1. The summed E-state index contributed by atoms with van der Waals surface area (Å²) in [6.45, 7) is 8.93. The molecule has 0 saturated carbocycles. The molecule has 9 aromatic rings. The Morgan fingerprint density at radius 3 is 2.14 bits per heavy atom. The zero-order chi connectivity index (χ0) is 39.0. The Bertz CT molecular complexity index is 2790. The Morgan fingerprint density at radius 1 is 0.719 bits per heavy atom. The van der Waals surface area contributed by atoms with Crippen LogP contribution in [0.2, 0.25) is 17.3 Å². The molecule has 0 N–H and O–H groups in total. The molecule has 1 radical (unpaired) electrons. The molecule has 0 amide bonds. The van der Waals surface area contributed by atoms with Crippen LogP contribution in [0.3, 0.4) is 0 Å². The summed E-state index contributed by atoms with van der Waals surface area (Å²) in [5.74, 6) is 8.83. The first-order valence-corrected chi connectivity index (χ1v) is 26.8. The number of imidazole rings is 1. The first-order chi connectivity index (χ1) is 27.1. The fraction of sp³-hybridized carbons (Fsp3) is 0.176. The normalized spacial score (nSPS) is 11.5. The summed E-state index contributed by atoms with van der Waals surface area (Å²) in [7, 11) is 0. The molecule has 287 valence electrons. The predicted octanol–water partition coefficient (Wildman–Crippen LogP) is 13.0. The van der Waals surface area contributed by atoms with Gasteiger partial charge in [0.2, 0.25) is 0 Å². The van der Waals surface area contributed by atoms with Crippen LogP contribution in [0.25, 0.3) is 72.4 Å². The molecule has 6 heteroatoms. The van der Waals surface area contributed by atoms with Crippen LogP contribution in [0, 0.1) is 31.9 Å². The minimum absolute atomic E-state index is 0. The number of hydrogen-bond acceptors (Lipinski definition) is 3. The number of pyridine rings is 1. The van der Waals surface area contributed by atoms with Crippen LogP contribution in [-0.2, 0) is 26.5 Å². The molecule has 0 fully saturated rings. The maximum Gasteiger partial charge on any atom is 0.120 e. The van der Waals surface area contributed by atoms with Crippen molar-refractivity contribution in [3.63, 3.8) is 0 Å². The zero-order valence-electron chi connectivity index (χ0n) is 33.6. The maximum atomic E-state index is 6.38. The van der Waals surface area contributed by atoms with Gasteiger partial charge in [-0.25, -0.2) is 0 Å². The van der Waals surface area contributed by atoms with Crippen molar-refractivity contribution in [1.29, 1.82) is 0 Å². The fourth-order valence-corrected chi connectivity index (χ4v) is 11.2. The second-order valence-corrected chi connectivity index (χ2v) is 26.7. The van der Waals surface area contributed by atoms with Gasteiger partial charge in [-0.15, -0.1) is 18.2 Å². The van der Waals surface area contributed by atoms with Gasteiger partial charge in [0.1, 0.15) is 5.58 Å². The summed E-state index contributed by atoms with van der Waals surface area (Å²) in [6, 6.07) is 52.7. The first-order valence-electron chi connectivity index (χ1n) is 19.5. The van der Waals surface area contributed by atoms with Gasteiger partial charge < -0.3 is 8.98 Å². The summed E-state index contributed by atoms with van der Waals surface area (Å²) in [5.41, 5.74) is 14.1. The molecule has 0 atom stereocenters. The van der Waals surface area contributed by atoms with E-state index < -0.39 is 13.3 Å². The quantitative estimate of drug-likeness (QED) is 0.118. The molecular formula is C51H47GeIrN3O-2. The van der Waals surface area contributed by atoms with Crippen molar-refractivity contribution in [3.05, 3.63) is 168 Å². The monoisotopic (exact) mass is 984 g/mol. The number of aromatic nitrogens is 3. The van der Waals surface area contributed by atoms with Gasteiger partial charge in [0.05, 0.1) is 22.4 Å². The molecular weight excluding hydrogens is 935 g/mol. The van der Waals surface area contributed by atoms with Crippen LogP contribution >= 0.6 is 0 Å². The standard InChI is InChI=1S/C33H23N2O.C18H24GeN.Ir/c1-21-19-24(23-11-4-3-5-12-23)20-22(2)31(21)35-29-17-8-7-16-28(29)34-33(35)27-15-10-14-26-25-13-6-9-18-30(25)36-32(26)27;1-14(2)11-16-12-18(15-9-7-6-8-10-15)20-13-17(16)19(3,4)5;/h3-14,16-20H,1-2H3;6-9,12-14H,11H2,1-5H3;/q2*-1;. The molecule has 57 heavy (non-hydrogen) atoms. The van der Waals surface area contributed by atoms with E-state index in [2.05, 4.69) is 153 Å². The van der Waals surface area contributed by atoms with Gasteiger partial charge in [-0.3, -0.25) is 4.98 Å². The van der Waals surface area contributed by atoms with Gasteiger partial charge in [-0.2, -0.15) is 0 Å². The molecule has 0 aliphatic carbocycles.